The standard InChI is InChI=1S/C13H18BrNO/c1-8-6-12(15-7-9(2)16)10-4-3-5-11(14)13(8)10/h3-5,8-9,12,15-16H,6-7H2,1-2H3/t8?,9-,12?/m0/s1. The van der Waals surface area contributed by atoms with Gasteiger partial charge in [-0.15, -0.1) is 0 Å². The number of nitrogens with one attached hydrogen (secondary N) is 1. The van der Waals surface area contributed by atoms with Gasteiger partial charge in [-0.2, -0.15) is 0 Å². The second-order valence-electron chi connectivity index (χ2n) is 4.69. The number of benzene rings is 1. The van der Waals surface area contributed by atoms with Crippen LogP contribution < -0.4 is 5.32 Å². The summed E-state index contributed by atoms with van der Waals surface area (Å²) in [6.45, 7) is 4.73. The molecule has 2 nitrogen and oxygen atoms in total. The highest BCUT2D eigenvalue weighted by atomic mass is 79.9. The van der Waals surface area contributed by atoms with Crippen LogP contribution in [0.2, 0.25) is 0 Å². The normalized spacial score (nSPS) is 25.5. The van der Waals surface area contributed by atoms with E-state index < -0.39 is 0 Å². The third-order valence-electron chi connectivity index (χ3n) is 3.20. The Labute approximate surface area is 105 Å². The van der Waals surface area contributed by atoms with Crippen molar-refractivity contribution in [2.45, 2.75) is 38.3 Å². The van der Waals surface area contributed by atoms with E-state index in [0.29, 0.717) is 18.5 Å². The Hall–Kier alpha value is -0.380. The number of aliphatic hydroxyl groups is 1. The quantitative estimate of drug-likeness (QED) is 0.894. The summed E-state index contributed by atoms with van der Waals surface area (Å²) in [5.41, 5.74) is 2.80. The van der Waals surface area contributed by atoms with Gasteiger partial charge in [-0.25, -0.2) is 0 Å². The summed E-state index contributed by atoms with van der Waals surface area (Å²) >= 11 is 3.62. The van der Waals surface area contributed by atoms with E-state index >= 15 is 0 Å². The smallest absolute Gasteiger partial charge is 0.0636 e. The van der Waals surface area contributed by atoms with Crippen molar-refractivity contribution in [3.8, 4) is 0 Å². The monoisotopic (exact) mass is 283 g/mol. The maximum atomic E-state index is 9.31. The van der Waals surface area contributed by atoms with Crippen molar-refractivity contribution in [2.75, 3.05) is 6.54 Å². The molecule has 2 rings (SSSR count). The average Bonchev–Trinajstić information content (AvgIpc) is 2.54. The first kappa shape index (κ1) is 12.1. The number of rotatable bonds is 3. The first-order chi connectivity index (χ1) is 7.59. The van der Waals surface area contributed by atoms with Gasteiger partial charge in [0.15, 0.2) is 0 Å². The lowest BCUT2D eigenvalue weighted by atomic mass is 10.0. The molecule has 2 unspecified atom stereocenters. The van der Waals surface area contributed by atoms with Crippen LogP contribution in [0.5, 0.6) is 0 Å². The van der Waals surface area contributed by atoms with E-state index in [9.17, 15) is 5.11 Å². The predicted molar refractivity (Wildman–Crippen MR) is 69.6 cm³/mol. The minimum Gasteiger partial charge on any atom is -0.392 e. The number of hydrogen-bond acceptors (Lipinski definition) is 2. The number of hydrogen-bond donors (Lipinski definition) is 2. The van der Waals surface area contributed by atoms with Crippen molar-refractivity contribution in [1.29, 1.82) is 0 Å². The van der Waals surface area contributed by atoms with Crippen LogP contribution in [-0.2, 0) is 0 Å². The minimum atomic E-state index is -0.286. The molecular weight excluding hydrogens is 266 g/mol. The Morgan fingerprint density at radius 1 is 1.56 bits per heavy atom. The molecule has 0 heterocycles. The van der Waals surface area contributed by atoms with Crippen LogP contribution in [0.3, 0.4) is 0 Å². The van der Waals surface area contributed by atoms with Crippen molar-refractivity contribution < 1.29 is 5.11 Å². The van der Waals surface area contributed by atoms with E-state index in [-0.39, 0.29) is 6.10 Å². The van der Waals surface area contributed by atoms with E-state index in [1.165, 1.54) is 15.6 Å². The summed E-state index contributed by atoms with van der Waals surface area (Å²) in [5, 5.41) is 12.7. The van der Waals surface area contributed by atoms with Crippen molar-refractivity contribution in [2.24, 2.45) is 0 Å². The van der Waals surface area contributed by atoms with Crippen LogP contribution in [0.15, 0.2) is 22.7 Å². The largest absolute Gasteiger partial charge is 0.392 e. The van der Waals surface area contributed by atoms with Gasteiger partial charge in [0.1, 0.15) is 0 Å². The fourth-order valence-corrected chi connectivity index (χ4v) is 3.25. The lowest BCUT2D eigenvalue weighted by Gasteiger charge is -2.15. The molecule has 0 amide bonds. The number of aliphatic hydroxyl groups excluding tert-OH is 1. The summed E-state index contributed by atoms with van der Waals surface area (Å²) in [5.74, 6) is 0.581. The molecule has 1 aliphatic rings. The highest BCUT2D eigenvalue weighted by Gasteiger charge is 2.29. The van der Waals surface area contributed by atoms with Gasteiger partial charge in [0.25, 0.3) is 0 Å². The zero-order chi connectivity index (χ0) is 11.7. The number of halogens is 1. The topological polar surface area (TPSA) is 32.3 Å². The molecule has 0 saturated carbocycles. The van der Waals surface area contributed by atoms with Gasteiger partial charge in [0, 0.05) is 17.1 Å². The number of fused-ring (bicyclic) bond motifs is 1. The molecule has 0 fully saturated rings. The summed E-state index contributed by atoms with van der Waals surface area (Å²) < 4.78 is 1.21. The van der Waals surface area contributed by atoms with E-state index in [0.717, 1.165) is 6.42 Å². The minimum absolute atomic E-state index is 0.286. The van der Waals surface area contributed by atoms with Gasteiger partial charge in [0.2, 0.25) is 0 Å². The molecular formula is C13H18BrNO. The Kier molecular flexibility index (Phi) is 3.67. The molecule has 0 radical (unpaired) electrons. The van der Waals surface area contributed by atoms with Crippen LogP contribution in [0.4, 0.5) is 0 Å². The van der Waals surface area contributed by atoms with Crippen molar-refractivity contribution in [3.63, 3.8) is 0 Å². The van der Waals surface area contributed by atoms with Crippen molar-refractivity contribution >= 4 is 15.9 Å². The van der Waals surface area contributed by atoms with Gasteiger partial charge < -0.3 is 10.4 Å². The van der Waals surface area contributed by atoms with E-state index in [1.807, 2.05) is 6.92 Å². The fraction of sp³-hybridized carbons (Fsp3) is 0.538. The average molecular weight is 284 g/mol. The molecule has 2 N–H and O–H groups in total. The zero-order valence-corrected chi connectivity index (χ0v) is 11.3. The summed E-state index contributed by atoms with van der Waals surface area (Å²) in [7, 11) is 0. The van der Waals surface area contributed by atoms with Crippen LogP contribution in [0.25, 0.3) is 0 Å². The molecule has 16 heavy (non-hydrogen) atoms. The summed E-state index contributed by atoms with van der Waals surface area (Å²) in [6, 6.07) is 6.75. The fourth-order valence-electron chi connectivity index (χ4n) is 2.48. The highest BCUT2D eigenvalue weighted by molar-refractivity contribution is 9.10. The molecule has 3 heteroatoms. The van der Waals surface area contributed by atoms with E-state index in [4.69, 9.17) is 0 Å². The van der Waals surface area contributed by atoms with Crippen LogP contribution in [0, 0.1) is 0 Å². The van der Waals surface area contributed by atoms with Crippen LogP contribution >= 0.6 is 15.9 Å². The molecule has 0 aliphatic heterocycles. The molecule has 88 valence electrons. The maximum absolute atomic E-state index is 9.31. The van der Waals surface area contributed by atoms with Crippen LogP contribution in [0.1, 0.15) is 43.4 Å². The Morgan fingerprint density at radius 3 is 3.00 bits per heavy atom. The molecule has 1 aromatic carbocycles. The molecule has 3 atom stereocenters. The van der Waals surface area contributed by atoms with Gasteiger partial charge >= 0.3 is 0 Å². The predicted octanol–water partition coefficient (Wildman–Crippen LogP) is 2.97. The Balaban J connectivity index is 2.19. The molecule has 0 saturated heterocycles. The van der Waals surface area contributed by atoms with Crippen molar-refractivity contribution in [3.05, 3.63) is 33.8 Å². The Morgan fingerprint density at radius 2 is 2.31 bits per heavy atom. The van der Waals surface area contributed by atoms with Gasteiger partial charge in [-0.1, -0.05) is 35.0 Å². The maximum Gasteiger partial charge on any atom is 0.0636 e. The van der Waals surface area contributed by atoms with E-state index in [2.05, 4.69) is 46.4 Å². The molecule has 0 aromatic heterocycles. The molecule has 1 aliphatic carbocycles. The Bertz CT molecular complexity index is 378. The first-order valence-electron chi connectivity index (χ1n) is 5.79. The van der Waals surface area contributed by atoms with E-state index in [1.54, 1.807) is 0 Å². The second kappa shape index (κ2) is 4.86. The van der Waals surface area contributed by atoms with Gasteiger partial charge in [-0.3, -0.25) is 0 Å². The second-order valence-corrected chi connectivity index (χ2v) is 5.54. The summed E-state index contributed by atoms with van der Waals surface area (Å²) in [4.78, 5) is 0. The van der Waals surface area contributed by atoms with Crippen molar-refractivity contribution in [1.82, 2.24) is 5.32 Å². The summed E-state index contributed by atoms with van der Waals surface area (Å²) in [6.07, 6.45) is 0.830. The molecule has 0 spiro atoms. The third-order valence-corrected chi connectivity index (χ3v) is 3.90. The lowest BCUT2D eigenvalue weighted by Crippen LogP contribution is -2.27. The van der Waals surface area contributed by atoms with Gasteiger partial charge in [0.05, 0.1) is 6.10 Å². The lowest BCUT2D eigenvalue weighted by molar-refractivity contribution is 0.185. The molecule has 0 bridgehead atoms. The SMILES string of the molecule is CC1CC(NC[C@H](C)O)c2cccc(Br)c21. The van der Waals surface area contributed by atoms with Crippen LogP contribution in [-0.4, -0.2) is 17.8 Å². The third kappa shape index (κ3) is 2.31. The van der Waals surface area contributed by atoms with Gasteiger partial charge in [-0.05, 0) is 36.5 Å². The zero-order valence-electron chi connectivity index (χ0n) is 9.70. The molecule has 1 aromatic rings. The highest BCUT2D eigenvalue weighted by Crippen LogP contribution is 2.43. The first-order valence-corrected chi connectivity index (χ1v) is 6.58.